The standard InChI is InChI=1S/C15H18BrClN2S/c16-11-4-5-13-14(9-11)19(15(18-13)6-7-17)10-12-3-1-2-8-20-12/h4-5,9,12H,1-3,6-8,10H2. The Morgan fingerprint density at radius 2 is 2.30 bits per heavy atom. The lowest BCUT2D eigenvalue weighted by molar-refractivity contribution is 0.577. The van der Waals surface area contributed by atoms with Crippen LogP contribution in [0.5, 0.6) is 0 Å². The Balaban J connectivity index is 1.96. The van der Waals surface area contributed by atoms with Gasteiger partial charge in [-0.25, -0.2) is 4.98 Å². The molecular formula is C15H18BrClN2S. The van der Waals surface area contributed by atoms with Crippen LogP contribution in [-0.4, -0.2) is 26.4 Å². The summed E-state index contributed by atoms with van der Waals surface area (Å²) in [5.74, 6) is 3.05. The van der Waals surface area contributed by atoms with Crippen molar-refractivity contribution in [3.63, 3.8) is 0 Å². The van der Waals surface area contributed by atoms with Crippen LogP contribution in [0.15, 0.2) is 22.7 Å². The molecule has 2 aromatic rings. The van der Waals surface area contributed by atoms with Crippen LogP contribution in [-0.2, 0) is 13.0 Å². The van der Waals surface area contributed by atoms with E-state index in [2.05, 4.69) is 50.5 Å². The highest BCUT2D eigenvalue weighted by Crippen LogP contribution is 2.29. The van der Waals surface area contributed by atoms with E-state index in [1.165, 1.54) is 30.5 Å². The van der Waals surface area contributed by atoms with E-state index in [-0.39, 0.29) is 0 Å². The molecule has 20 heavy (non-hydrogen) atoms. The maximum atomic E-state index is 5.94. The van der Waals surface area contributed by atoms with Gasteiger partial charge >= 0.3 is 0 Å². The zero-order valence-corrected chi connectivity index (χ0v) is 14.5. The van der Waals surface area contributed by atoms with Crippen LogP contribution in [0.3, 0.4) is 0 Å². The zero-order chi connectivity index (χ0) is 13.9. The minimum Gasteiger partial charge on any atom is -0.327 e. The summed E-state index contributed by atoms with van der Waals surface area (Å²) in [6, 6.07) is 6.31. The fraction of sp³-hybridized carbons (Fsp3) is 0.533. The molecule has 0 aliphatic carbocycles. The number of halogens is 2. The Labute approximate surface area is 137 Å². The molecule has 1 unspecified atom stereocenters. The van der Waals surface area contributed by atoms with Crippen LogP contribution in [0, 0.1) is 0 Å². The van der Waals surface area contributed by atoms with Crippen LogP contribution in [0.25, 0.3) is 11.0 Å². The monoisotopic (exact) mass is 372 g/mol. The zero-order valence-electron chi connectivity index (χ0n) is 11.3. The molecule has 0 spiro atoms. The van der Waals surface area contributed by atoms with Gasteiger partial charge in [0.05, 0.1) is 11.0 Å². The van der Waals surface area contributed by atoms with Gasteiger partial charge in [-0.3, -0.25) is 0 Å². The number of hydrogen-bond acceptors (Lipinski definition) is 2. The quantitative estimate of drug-likeness (QED) is 0.712. The van der Waals surface area contributed by atoms with E-state index in [0.717, 1.165) is 28.8 Å². The summed E-state index contributed by atoms with van der Waals surface area (Å²) in [6.45, 7) is 1.06. The highest BCUT2D eigenvalue weighted by Gasteiger charge is 2.18. The molecule has 0 N–H and O–H groups in total. The third-order valence-corrected chi connectivity index (χ3v) is 5.83. The number of imidazole rings is 1. The number of fused-ring (bicyclic) bond motifs is 1. The maximum Gasteiger partial charge on any atom is 0.111 e. The van der Waals surface area contributed by atoms with Gasteiger partial charge in [0.2, 0.25) is 0 Å². The molecule has 1 atom stereocenters. The second-order valence-electron chi connectivity index (χ2n) is 5.20. The number of alkyl halides is 1. The third-order valence-electron chi connectivity index (χ3n) is 3.77. The fourth-order valence-electron chi connectivity index (χ4n) is 2.78. The number of aromatic nitrogens is 2. The first-order valence-electron chi connectivity index (χ1n) is 7.10. The van der Waals surface area contributed by atoms with Gasteiger partial charge in [-0.1, -0.05) is 22.4 Å². The van der Waals surface area contributed by atoms with Crippen molar-refractivity contribution in [2.24, 2.45) is 0 Å². The normalized spacial score (nSPS) is 19.6. The SMILES string of the molecule is ClCCc1nc2ccc(Br)cc2n1CC1CCCCS1. The van der Waals surface area contributed by atoms with Crippen molar-refractivity contribution in [1.29, 1.82) is 0 Å². The molecule has 1 saturated heterocycles. The summed E-state index contributed by atoms with van der Waals surface area (Å²) in [5.41, 5.74) is 2.31. The van der Waals surface area contributed by atoms with Gasteiger partial charge in [-0.15, -0.1) is 11.6 Å². The van der Waals surface area contributed by atoms with Crippen LogP contribution < -0.4 is 0 Å². The summed E-state index contributed by atoms with van der Waals surface area (Å²) in [7, 11) is 0. The average molecular weight is 374 g/mol. The Kier molecular flexibility index (Phi) is 4.95. The molecule has 2 heterocycles. The summed E-state index contributed by atoms with van der Waals surface area (Å²) < 4.78 is 3.49. The molecule has 0 amide bonds. The first kappa shape index (κ1) is 14.7. The molecule has 0 radical (unpaired) electrons. The molecule has 1 aromatic carbocycles. The number of nitrogens with zero attached hydrogens (tertiary/aromatic N) is 2. The molecule has 108 valence electrons. The first-order valence-corrected chi connectivity index (χ1v) is 9.48. The minimum atomic E-state index is 0.627. The number of rotatable bonds is 4. The average Bonchev–Trinajstić information content (AvgIpc) is 2.78. The highest BCUT2D eigenvalue weighted by atomic mass is 79.9. The van der Waals surface area contributed by atoms with Crippen molar-refractivity contribution < 1.29 is 0 Å². The molecule has 2 nitrogen and oxygen atoms in total. The lowest BCUT2D eigenvalue weighted by Gasteiger charge is -2.22. The minimum absolute atomic E-state index is 0.627. The van der Waals surface area contributed by atoms with E-state index in [1.54, 1.807) is 0 Å². The van der Waals surface area contributed by atoms with E-state index in [9.17, 15) is 0 Å². The topological polar surface area (TPSA) is 17.8 Å². The van der Waals surface area contributed by atoms with Gasteiger partial charge in [-0.05, 0) is 36.8 Å². The van der Waals surface area contributed by atoms with Crippen molar-refractivity contribution in [2.45, 2.75) is 37.5 Å². The van der Waals surface area contributed by atoms with Crippen molar-refractivity contribution in [3.05, 3.63) is 28.5 Å². The molecule has 0 bridgehead atoms. The van der Waals surface area contributed by atoms with Crippen molar-refractivity contribution in [2.75, 3.05) is 11.6 Å². The summed E-state index contributed by atoms with van der Waals surface area (Å²) in [6.07, 6.45) is 4.88. The Morgan fingerprint density at radius 3 is 3.05 bits per heavy atom. The lowest BCUT2D eigenvalue weighted by atomic mass is 10.2. The smallest absolute Gasteiger partial charge is 0.111 e. The highest BCUT2D eigenvalue weighted by molar-refractivity contribution is 9.10. The van der Waals surface area contributed by atoms with E-state index in [1.807, 2.05) is 0 Å². The Bertz CT molecular complexity index is 593. The van der Waals surface area contributed by atoms with Crippen LogP contribution >= 0.6 is 39.3 Å². The Morgan fingerprint density at radius 1 is 1.40 bits per heavy atom. The van der Waals surface area contributed by atoms with Crippen LogP contribution in [0.2, 0.25) is 0 Å². The van der Waals surface area contributed by atoms with Crippen molar-refractivity contribution in [3.8, 4) is 0 Å². The second-order valence-corrected chi connectivity index (χ2v) is 7.90. The predicted octanol–water partition coefficient (Wildman–Crippen LogP) is 4.87. The number of aryl methyl sites for hydroxylation is 1. The van der Waals surface area contributed by atoms with Gasteiger partial charge in [0.25, 0.3) is 0 Å². The van der Waals surface area contributed by atoms with Crippen molar-refractivity contribution >= 4 is 50.3 Å². The molecule has 1 aliphatic heterocycles. The largest absolute Gasteiger partial charge is 0.327 e. The molecule has 1 aromatic heterocycles. The molecule has 3 rings (SSSR count). The molecule has 0 saturated carbocycles. The lowest BCUT2D eigenvalue weighted by Crippen LogP contribution is -2.18. The van der Waals surface area contributed by atoms with E-state index < -0.39 is 0 Å². The second kappa shape index (κ2) is 6.71. The Hall–Kier alpha value is -0.190. The summed E-state index contributed by atoms with van der Waals surface area (Å²) >= 11 is 11.6. The van der Waals surface area contributed by atoms with Gasteiger partial charge in [0.15, 0.2) is 0 Å². The third kappa shape index (κ3) is 3.18. The van der Waals surface area contributed by atoms with E-state index >= 15 is 0 Å². The predicted molar refractivity (Wildman–Crippen MR) is 92.0 cm³/mol. The van der Waals surface area contributed by atoms with E-state index in [0.29, 0.717) is 11.1 Å². The van der Waals surface area contributed by atoms with Gasteiger partial charge in [0.1, 0.15) is 5.82 Å². The molecular weight excluding hydrogens is 356 g/mol. The van der Waals surface area contributed by atoms with Gasteiger partial charge in [0, 0.05) is 28.6 Å². The van der Waals surface area contributed by atoms with E-state index in [4.69, 9.17) is 16.6 Å². The number of thioether (sulfide) groups is 1. The number of hydrogen-bond donors (Lipinski definition) is 0. The summed E-state index contributed by atoms with van der Waals surface area (Å²) in [4.78, 5) is 4.76. The maximum absolute atomic E-state index is 5.94. The molecule has 1 aliphatic rings. The van der Waals surface area contributed by atoms with Crippen molar-refractivity contribution in [1.82, 2.24) is 9.55 Å². The van der Waals surface area contributed by atoms with Crippen LogP contribution in [0.1, 0.15) is 25.1 Å². The first-order chi connectivity index (χ1) is 9.78. The summed E-state index contributed by atoms with van der Waals surface area (Å²) in [5, 5.41) is 0.717. The molecule has 5 heteroatoms. The fourth-order valence-corrected chi connectivity index (χ4v) is 4.59. The van der Waals surface area contributed by atoms with Gasteiger partial charge in [-0.2, -0.15) is 11.8 Å². The van der Waals surface area contributed by atoms with Crippen LogP contribution in [0.4, 0.5) is 0 Å². The van der Waals surface area contributed by atoms with Gasteiger partial charge < -0.3 is 4.57 Å². The number of benzene rings is 1. The molecule has 1 fully saturated rings.